The fourth-order valence-electron chi connectivity index (χ4n) is 2.48. The number of hydrogen-bond donors (Lipinski definition) is 1. The van der Waals surface area contributed by atoms with E-state index < -0.39 is 0 Å². The highest BCUT2D eigenvalue weighted by molar-refractivity contribution is 5.94. The third kappa shape index (κ3) is 4.09. The molecule has 1 aromatic rings. The quantitative estimate of drug-likeness (QED) is 0.826. The van der Waals surface area contributed by atoms with Gasteiger partial charge in [-0.2, -0.15) is 0 Å². The predicted octanol–water partition coefficient (Wildman–Crippen LogP) is 2.15. The molecule has 1 fully saturated rings. The minimum atomic E-state index is -0.0214. The van der Waals surface area contributed by atoms with Crippen molar-refractivity contribution >= 4 is 12.4 Å². The Kier molecular flexibility index (Phi) is 4.95. The van der Waals surface area contributed by atoms with Gasteiger partial charge in [-0.3, -0.25) is 9.59 Å². The molecule has 0 saturated heterocycles. The standard InChI is InChI=1S/C15H19NO3/c17-11-19-14-8-6-12(7-9-14)10-16-15(18)13-4-2-1-3-5-13/h1-5,11-12,14H,6-10H2,(H,16,18). The molecule has 0 spiro atoms. The van der Waals surface area contributed by atoms with E-state index in [0.717, 1.165) is 25.7 Å². The summed E-state index contributed by atoms with van der Waals surface area (Å²) in [5.74, 6) is 0.464. The van der Waals surface area contributed by atoms with Crippen LogP contribution in [0.15, 0.2) is 30.3 Å². The molecule has 1 aromatic carbocycles. The Bertz CT molecular complexity index is 411. The molecule has 0 aromatic heterocycles. The second-order valence-corrected chi connectivity index (χ2v) is 4.95. The highest BCUT2D eigenvalue weighted by atomic mass is 16.5. The molecule has 1 saturated carbocycles. The van der Waals surface area contributed by atoms with Gasteiger partial charge < -0.3 is 10.1 Å². The van der Waals surface area contributed by atoms with Gasteiger partial charge in [0.05, 0.1) is 0 Å². The van der Waals surface area contributed by atoms with Gasteiger partial charge in [0, 0.05) is 12.1 Å². The van der Waals surface area contributed by atoms with E-state index in [1.165, 1.54) is 0 Å². The van der Waals surface area contributed by atoms with Crippen molar-refractivity contribution in [3.05, 3.63) is 35.9 Å². The van der Waals surface area contributed by atoms with E-state index in [2.05, 4.69) is 5.32 Å². The van der Waals surface area contributed by atoms with Crippen LogP contribution in [-0.2, 0) is 9.53 Å². The fourth-order valence-corrected chi connectivity index (χ4v) is 2.48. The Morgan fingerprint density at radius 2 is 1.89 bits per heavy atom. The van der Waals surface area contributed by atoms with Crippen LogP contribution in [0.3, 0.4) is 0 Å². The summed E-state index contributed by atoms with van der Waals surface area (Å²) in [6, 6.07) is 9.23. The van der Waals surface area contributed by atoms with E-state index in [0.29, 0.717) is 24.5 Å². The first-order chi connectivity index (χ1) is 9.29. The monoisotopic (exact) mass is 261 g/mol. The zero-order valence-electron chi connectivity index (χ0n) is 10.9. The van der Waals surface area contributed by atoms with Crippen LogP contribution in [0.2, 0.25) is 0 Å². The number of hydrogen-bond acceptors (Lipinski definition) is 3. The lowest BCUT2D eigenvalue weighted by atomic mass is 9.87. The van der Waals surface area contributed by atoms with Crippen molar-refractivity contribution in [2.75, 3.05) is 6.54 Å². The Balaban J connectivity index is 1.72. The minimum absolute atomic E-state index is 0.0214. The van der Waals surface area contributed by atoms with Crippen molar-refractivity contribution in [1.29, 1.82) is 0 Å². The first kappa shape index (κ1) is 13.6. The fraction of sp³-hybridized carbons (Fsp3) is 0.467. The molecule has 1 aliphatic rings. The molecule has 0 bridgehead atoms. The van der Waals surface area contributed by atoms with E-state index in [-0.39, 0.29) is 12.0 Å². The highest BCUT2D eigenvalue weighted by Gasteiger charge is 2.22. The molecule has 19 heavy (non-hydrogen) atoms. The van der Waals surface area contributed by atoms with Crippen LogP contribution < -0.4 is 5.32 Å². The van der Waals surface area contributed by atoms with Crippen LogP contribution in [0.25, 0.3) is 0 Å². The maximum Gasteiger partial charge on any atom is 0.293 e. The molecule has 0 aliphatic heterocycles. The summed E-state index contributed by atoms with van der Waals surface area (Å²) in [4.78, 5) is 22.1. The number of ether oxygens (including phenoxy) is 1. The van der Waals surface area contributed by atoms with Crippen molar-refractivity contribution in [1.82, 2.24) is 5.32 Å². The summed E-state index contributed by atoms with van der Waals surface area (Å²) in [6.45, 7) is 1.23. The van der Waals surface area contributed by atoms with Crippen molar-refractivity contribution in [3.8, 4) is 0 Å². The van der Waals surface area contributed by atoms with Crippen molar-refractivity contribution in [2.45, 2.75) is 31.8 Å². The molecule has 0 radical (unpaired) electrons. The lowest BCUT2D eigenvalue weighted by Gasteiger charge is -2.27. The number of benzene rings is 1. The average Bonchev–Trinajstić information content (AvgIpc) is 2.47. The third-order valence-electron chi connectivity index (χ3n) is 3.63. The molecule has 0 heterocycles. The highest BCUT2D eigenvalue weighted by Crippen LogP contribution is 2.25. The first-order valence-corrected chi connectivity index (χ1v) is 6.72. The molecule has 4 heteroatoms. The van der Waals surface area contributed by atoms with Gasteiger partial charge in [0.2, 0.25) is 0 Å². The van der Waals surface area contributed by atoms with Crippen LogP contribution >= 0.6 is 0 Å². The average molecular weight is 261 g/mol. The number of amides is 1. The molecule has 0 atom stereocenters. The summed E-state index contributed by atoms with van der Waals surface area (Å²) in [5, 5.41) is 2.97. The lowest BCUT2D eigenvalue weighted by molar-refractivity contribution is -0.135. The van der Waals surface area contributed by atoms with E-state index in [4.69, 9.17) is 4.74 Å². The molecular weight excluding hydrogens is 242 g/mol. The zero-order valence-corrected chi connectivity index (χ0v) is 10.9. The summed E-state index contributed by atoms with van der Waals surface area (Å²) >= 11 is 0. The second-order valence-electron chi connectivity index (χ2n) is 4.95. The van der Waals surface area contributed by atoms with E-state index >= 15 is 0 Å². The lowest BCUT2D eigenvalue weighted by Crippen LogP contribution is -2.32. The minimum Gasteiger partial charge on any atom is -0.465 e. The smallest absolute Gasteiger partial charge is 0.293 e. The van der Waals surface area contributed by atoms with Gasteiger partial charge in [-0.05, 0) is 43.7 Å². The Morgan fingerprint density at radius 3 is 2.53 bits per heavy atom. The van der Waals surface area contributed by atoms with E-state index in [9.17, 15) is 9.59 Å². The molecule has 1 aliphatic carbocycles. The van der Waals surface area contributed by atoms with Crippen molar-refractivity contribution < 1.29 is 14.3 Å². The van der Waals surface area contributed by atoms with Crippen molar-refractivity contribution in [2.24, 2.45) is 5.92 Å². The number of carbonyl (C=O) groups is 2. The molecule has 1 amide bonds. The van der Waals surface area contributed by atoms with Gasteiger partial charge in [0.25, 0.3) is 12.4 Å². The number of nitrogens with one attached hydrogen (secondary N) is 1. The van der Waals surface area contributed by atoms with Crippen LogP contribution in [0, 0.1) is 5.92 Å². The summed E-state index contributed by atoms with van der Waals surface area (Å²) < 4.78 is 4.96. The third-order valence-corrected chi connectivity index (χ3v) is 3.63. The van der Waals surface area contributed by atoms with E-state index in [1.54, 1.807) is 0 Å². The molecular formula is C15H19NO3. The van der Waals surface area contributed by atoms with Gasteiger partial charge in [-0.15, -0.1) is 0 Å². The SMILES string of the molecule is O=COC1CCC(CNC(=O)c2ccccc2)CC1. The number of rotatable bonds is 5. The van der Waals surface area contributed by atoms with Gasteiger partial charge in [0.15, 0.2) is 0 Å². The second kappa shape index (κ2) is 6.92. The summed E-state index contributed by atoms with van der Waals surface area (Å²) in [7, 11) is 0. The summed E-state index contributed by atoms with van der Waals surface area (Å²) in [6.07, 6.45) is 3.84. The van der Waals surface area contributed by atoms with Gasteiger partial charge >= 0.3 is 0 Å². The zero-order chi connectivity index (χ0) is 13.5. The summed E-state index contributed by atoms with van der Waals surface area (Å²) in [5.41, 5.74) is 0.695. The van der Waals surface area contributed by atoms with Crippen LogP contribution in [0.5, 0.6) is 0 Å². The van der Waals surface area contributed by atoms with Gasteiger partial charge in [-0.25, -0.2) is 0 Å². The van der Waals surface area contributed by atoms with Gasteiger partial charge in [0.1, 0.15) is 6.10 Å². The molecule has 1 N–H and O–H groups in total. The Morgan fingerprint density at radius 1 is 1.21 bits per heavy atom. The largest absolute Gasteiger partial charge is 0.465 e. The van der Waals surface area contributed by atoms with Crippen LogP contribution in [0.1, 0.15) is 36.0 Å². The van der Waals surface area contributed by atoms with Crippen LogP contribution in [0.4, 0.5) is 0 Å². The Hall–Kier alpha value is -1.84. The molecule has 102 valence electrons. The van der Waals surface area contributed by atoms with E-state index in [1.807, 2.05) is 30.3 Å². The van der Waals surface area contributed by atoms with Gasteiger partial charge in [-0.1, -0.05) is 18.2 Å². The number of carbonyl (C=O) groups excluding carboxylic acids is 2. The van der Waals surface area contributed by atoms with Crippen LogP contribution in [-0.4, -0.2) is 25.0 Å². The first-order valence-electron chi connectivity index (χ1n) is 6.72. The van der Waals surface area contributed by atoms with Crippen molar-refractivity contribution in [3.63, 3.8) is 0 Å². The predicted molar refractivity (Wildman–Crippen MR) is 71.7 cm³/mol. The maximum atomic E-state index is 11.9. The molecule has 2 rings (SSSR count). The molecule has 0 unspecified atom stereocenters. The maximum absolute atomic E-state index is 11.9. The normalized spacial score (nSPS) is 22.5. The Labute approximate surface area is 113 Å². The molecule has 4 nitrogen and oxygen atoms in total. The topological polar surface area (TPSA) is 55.4 Å².